The number of hydrogen-bond donors (Lipinski definition) is 2. The van der Waals surface area contributed by atoms with Crippen molar-refractivity contribution < 1.29 is 56.5 Å². The van der Waals surface area contributed by atoms with Gasteiger partial charge >= 0.3 is 5.97 Å². The van der Waals surface area contributed by atoms with E-state index in [0.717, 1.165) is 45.8 Å². The van der Waals surface area contributed by atoms with Gasteiger partial charge in [-0.15, -0.1) is 5.10 Å². The van der Waals surface area contributed by atoms with E-state index >= 15 is 0 Å². The van der Waals surface area contributed by atoms with Gasteiger partial charge in [0.15, 0.2) is 6.61 Å². The molecule has 6 aromatic rings. The van der Waals surface area contributed by atoms with Gasteiger partial charge in [0.05, 0.1) is 25.6 Å². The lowest BCUT2D eigenvalue weighted by Crippen LogP contribution is -2.57. The summed E-state index contributed by atoms with van der Waals surface area (Å²) in [7, 11) is 0.602. The lowest BCUT2D eigenvalue weighted by Gasteiger charge is -2.37. The number of aryl methyl sites for hydroxylation is 3. The topological polar surface area (TPSA) is 237 Å². The first-order chi connectivity index (χ1) is 35.4. The van der Waals surface area contributed by atoms with Crippen molar-refractivity contribution in [3.63, 3.8) is 0 Å². The molecule has 0 saturated carbocycles. The largest absolute Gasteiger partial charge is 0.494 e. The Morgan fingerprint density at radius 3 is 2.49 bits per heavy atom. The number of methoxy groups -OCH3 is 1. The third-order valence-electron chi connectivity index (χ3n) is 14.1. The highest BCUT2D eigenvalue weighted by Crippen LogP contribution is 2.39. The average molecular weight is 1030 g/mol. The SMILES string of the molecule is COc1cc([C@@H](CC(=O)O)c2ccc(C)c(CN3C[C@@H](C)Oc4cc(CCCCCCNC(=O)COc5cc6c7c(cccc7c5)C(=O)N(C5CCC(=O)N(C)C5=O)C6=O)ccc4S3(=O)=O)c2)cc2nnn(C)c12. The number of piperidine rings is 1. The highest BCUT2D eigenvalue weighted by Gasteiger charge is 2.45. The van der Waals surface area contributed by atoms with Gasteiger partial charge in [-0.2, -0.15) is 4.31 Å². The number of rotatable bonds is 18. The molecule has 0 aliphatic carbocycles. The minimum atomic E-state index is -4.02. The van der Waals surface area contributed by atoms with Crippen LogP contribution in [0.5, 0.6) is 17.2 Å². The number of carbonyl (C=O) groups is 6. The number of carboxylic acid groups (broad SMARTS) is 1. The fraction of sp³-hybridized carbons (Fsp3) is 0.370. The van der Waals surface area contributed by atoms with Crippen LogP contribution in [0.15, 0.2) is 83.8 Å². The lowest BCUT2D eigenvalue weighted by atomic mass is 9.86. The van der Waals surface area contributed by atoms with E-state index in [0.29, 0.717) is 63.8 Å². The van der Waals surface area contributed by atoms with Gasteiger partial charge in [-0.3, -0.25) is 38.6 Å². The molecule has 3 aliphatic heterocycles. The van der Waals surface area contributed by atoms with Crippen LogP contribution >= 0.6 is 0 Å². The molecule has 5 aromatic carbocycles. The second-order valence-electron chi connectivity index (χ2n) is 19.2. The quantitative estimate of drug-likeness (QED) is 0.0736. The minimum absolute atomic E-state index is 0.0199. The van der Waals surface area contributed by atoms with E-state index in [-0.39, 0.29) is 72.5 Å². The monoisotopic (exact) mass is 1030 g/mol. The number of sulfonamides is 1. The van der Waals surface area contributed by atoms with Gasteiger partial charge in [0.1, 0.15) is 45.3 Å². The highest BCUT2D eigenvalue weighted by atomic mass is 32.2. The molecule has 74 heavy (non-hydrogen) atoms. The molecule has 9 rings (SSSR count). The molecule has 5 amide bonds. The lowest BCUT2D eigenvalue weighted by molar-refractivity contribution is -0.149. The van der Waals surface area contributed by atoms with Crippen molar-refractivity contribution in [3.8, 4) is 17.2 Å². The van der Waals surface area contributed by atoms with Crippen LogP contribution < -0.4 is 19.5 Å². The van der Waals surface area contributed by atoms with Gasteiger partial charge in [0.2, 0.25) is 15.9 Å². The van der Waals surface area contributed by atoms with Gasteiger partial charge in [-0.1, -0.05) is 54.5 Å². The Balaban J connectivity index is 0.771. The molecular formula is C54H57N7O12S. The van der Waals surface area contributed by atoms with Gasteiger partial charge in [0, 0.05) is 50.5 Å². The molecule has 0 spiro atoms. The average Bonchev–Trinajstić information content (AvgIpc) is 3.73. The van der Waals surface area contributed by atoms with Gasteiger partial charge in [0.25, 0.3) is 23.6 Å². The van der Waals surface area contributed by atoms with Crippen LogP contribution in [0.3, 0.4) is 0 Å². The number of fused-ring (bicyclic) bond motifs is 2. The highest BCUT2D eigenvalue weighted by molar-refractivity contribution is 7.89. The summed E-state index contributed by atoms with van der Waals surface area (Å²) in [6, 6.07) is 21.5. The fourth-order valence-corrected chi connectivity index (χ4v) is 11.8. The Hall–Kier alpha value is -7.71. The van der Waals surface area contributed by atoms with E-state index in [1.165, 1.54) is 24.5 Å². The maximum Gasteiger partial charge on any atom is 0.304 e. The van der Waals surface area contributed by atoms with Gasteiger partial charge in [-0.25, -0.2) is 13.1 Å². The molecule has 0 bridgehead atoms. The van der Waals surface area contributed by atoms with Crippen molar-refractivity contribution in [2.24, 2.45) is 7.05 Å². The minimum Gasteiger partial charge on any atom is -0.494 e. The van der Waals surface area contributed by atoms with E-state index < -0.39 is 51.8 Å². The van der Waals surface area contributed by atoms with Crippen LogP contribution in [0.25, 0.3) is 21.8 Å². The molecular weight excluding hydrogens is 971 g/mol. The van der Waals surface area contributed by atoms with Gasteiger partial charge in [-0.05, 0) is 115 Å². The number of imide groups is 2. The van der Waals surface area contributed by atoms with Crippen LogP contribution in [-0.4, -0.2) is 124 Å². The number of benzene rings is 5. The molecule has 1 fully saturated rings. The summed E-state index contributed by atoms with van der Waals surface area (Å²) in [5, 5.41) is 22.2. The van der Waals surface area contributed by atoms with Crippen molar-refractivity contribution in [2.75, 3.05) is 33.9 Å². The normalized spacial score (nSPS) is 18.0. The number of hydrogen-bond acceptors (Lipinski definition) is 13. The number of ether oxygens (including phenoxy) is 3. The Morgan fingerprint density at radius 1 is 0.919 bits per heavy atom. The first-order valence-corrected chi connectivity index (χ1v) is 26.0. The van der Waals surface area contributed by atoms with E-state index in [9.17, 15) is 42.3 Å². The molecule has 2 N–H and O–H groups in total. The molecule has 3 aliphatic rings. The first-order valence-electron chi connectivity index (χ1n) is 24.6. The first kappa shape index (κ1) is 51.2. The maximum absolute atomic E-state index is 14.4. The van der Waals surface area contributed by atoms with Crippen LogP contribution in [-0.2, 0) is 49.2 Å². The molecule has 4 heterocycles. The zero-order valence-electron chi connectivity index (χ0n) is 41.8. The van der Waals surface area contributed by atoms with Crippen molar-refractivity contribution >= 4 is 67.3 Å². The summed E-state index contributed by atoms with van der Waals surface area (Å²) in [6.07, 6.45) is 3.26. The Bertz CT molecular complexity index is 3370. The van der Waals surface area contributed by atoms with Crippen LogP contribution in [0.2, 0.25) is 0 Å². The fourth-order valence-electron chi connectivity index (χ4n) is 10.2. The number of nitrogens with one attached hydrogen (secondary N) is 1. The van der Waals surface area contributed by atoms with E-state index in [2.05, 4.69) is 15.6 Å². The predicted molar refractivity (Wildman–Crippen MR) is 270 cm³/mol. The van der Waals surface area contributed by atoms with Crippen molar-refractivity contribution in [3.05, 3.63) is 118 Å². The predicted octanol–water partition coefficient (Wildman–Crippen LogP) is 6.06. The number of carboxylic acids is 1. The molecule has 0 radical (unpaired) electrons. The van der Waals surface area contributed by atoms with E-state index in [1.807, 2.05) is 44.2 Å². The molecule has 1 saturated heterocycles. The molecule has 386 valence electrons. The van der Waals surface area contributed by atoms with Crippen LogP contribution in [0.4, 0.5) is 0 Å². The summed E-state index contributed by atoms with van der Waals surface area (Å²) in [5.74, 6) is -3.18. The molecule has 1 aromatic heterocycles. The van der Waals surface area contributed by atoms with E-state index in [1.54, 1.807) is 54.2 Å². The maximum atomic E-state index is 14.4. The second kappa shape index (κ2) is 21.0. The number of carbonyl (C=O) groups excluding carboxylic acids is 5. The van der Waals surface area contributed by atoms with Crippen molar-refractivity contribution in [2.45, 2.75) is 94.7 Å². The Labute approximate surface area is 427 Å². The molecule has 3 atom stereocenters. The number of likely N-dealkylation sites (tertiary alicyclic amines) is 1. The Kier molecular flexibility index (Phi) is 14.5. The molecule has 19 nitrogen and oxygen atoms in total. The summed E-state index contributed by atoms with van der Waals surface area (Å²) < 4.78 is 49.5. The standard InChI is InChI=1S/C54H57N7O12S/c1-31-14-16-34(40(27-49(64)65)36-24-42-51(45(25-36)71-5)59(4)57-56-42)22-37(31)29-60-28-32(2)73-44-21-33(15-18-46(44)74(60,69)70)11-8-6-7-9-20-55-47(62)30-72-38-23-35-12-10-13-39-50(35)41(26-38)53(67)61(52(39)66)43-17-19-48(63)58(3)54(43)68/h10,12-16,18,21-26,32,40,43H,6-9,11,17,19-20,27-30H2,1-5H3,(H,55,62)(H,64,65)/t32-,40+,43?/m1/s1. The van der Waals surface area contributed by atoms with Crippen molar-refractivity contribution in [1.82, 2.24) is 34.4 Å². The summed E-state index contributed by atoms with van der Waals surface area (Å²) in [4.78, 5) is 79.5. The number of aromatic nitrogens is 3. The summed E-state index contributed by atoms with van der Waals surface area (Å²) >= 11 is 0. The van der Waals surface area contributed by atoms with Crippen LogP contribution in [0.1, 0.15) is 106 Å². The number of nitrogens with zero attached hydrogens (tertiary/aromatic N) is 6. The number of likely N-dealkylation sites (N-methyl/N-ethyl adjacent to an activating group) is 1. The zero-order valence-corrected chi connectivity index (χ0v) is 42.6. The molecule has 20 heteroatoms. The number of unbranched alkanes of at least 4 members (excludes halogenated alkanes) is 3. The third-order valence-corrected chi connectivity index (χ3v) is 15.9. The smallest absolute Gasteiger partial charge is 0.304 e. The van der Waals surface area contributed by atoms with E-state index in [4.69, 9.17) is 14.2 Å². The number of amides is 5. The van der Waals surface area contributed by atoms with Crippen molar-refractivity contribution in [1.29, 1.82) is 0 Å². The second-order valence-corrected chi connectivity index (χ2v) is 21.1. The Morgan fingerprint density at radius 2 is 1.70 bits per heavy atom. The zero-order chi connectivity index (χ0) is 52.6. The third kappa shape index (κ3) is 10.1. The summed E-state index contributed by atoms with van der Waals surface area (Å²) in [6.45, 7) is 3.97. The summed E-state index contributed by atoms with van der Waals surface area (Å²) in [5.41, 5.74) is 5.56. The number of aliphatic carboxylic acids is 1. The molecule has 1 unspecified atom stereocenters. The van der Waals surface area contributed by atoms with Crippen LogP contribution in [0, 0.1) is 6.92 Å². The van der Waals surface area contributed by atoms with Gasteiger partial charge < -0.3 is 24.6 Å².